The first-order chi connectivity index (χ1) is 13.2. The number of hydrogen-bond donors (Lipinski definition) is 2. The number of carbonyl (C=O) groups is 1. The van der Waals surface area contributed by atoms with Crippen molar-refractivity contribution in [3.63, 3.8) is 0 Å². The second-order valence-corrected chi connectivity index (χ2v) is 5.88. The summed E-state index contributed by atoms with van der Waals surface area (Å²) in [6, 6.07) is 14.6. The van der Waals surface area contributed by atoms with Crippen LogP contribution in [0.1, 0.15) is 28.2 Å². The molecule has 1 amide bonds. The smallest absolute Gasteiger partial charge is 0.251 e. The fourth-order valence-electron chi connectivity index (χ4n) is 2.61. The minimum Gasteiger partial charge on any atom is -0.383 e. The third-order valence-corrected chi connectivity index (χ3v) is 3.97. The van der Waals surface area contributed by atoms with Crippen molar-refractivity contribution in [2.45, 2.75) is 12.8 Å². The number of rotatable bonds is 6. The second-order valence-electron chi connectivity index (χ2n) is 5.88. The van der Waals surface area contributed by atoms with Gasteiger partial charge in [0, 0.05) is 30.1 Å². The Morgan fingerprint density at radius 1 is 1.19 bits per heavy atom. The fraction of sp³-hybridized carbons (Fsp3) is 0.150. The molecule has 0 saturated carbocycles. The van der Waals surface area contributed by atoms with Gasteiger partial charge < -0.3 is 11.1 Å². The monoisotopic (exact) mass is 358 g/mol. The highest BCUT2D eigenvalue weighted by atomic mass is 16.1. The number of anilines is 1. The quantitative estimate of drug-likeness (QED) is 0.653. The van der Waals surface area contributed by atoms with Crippen molar-refractivity contribution in [3.05, 3.63) is 71.8 Å². The number of pyridine rings is 1. The van der Waals surface area contributed by atoms with Crippen LogP contribution in [-0.4, -0.2) is 27.4 Å². The molecular formula is C20H18N6O. The zero-order chi connectivity index (χ0) is 19.1. The average Bonchev–Trinajstić information content (AvgIpc) is 2.72. The van der Waals surface area contributed by atoms with Crippen molar-refractivity contribution < 1.29 is 4.79 Å². The number of nitrogen functional groups attached to an aromatic ring is 1. The van der Waals surface area contributed by atoms with E-state index in [1.165, 1.54) is 6.20 Å². The van der Waals surface area contributed by atoms with E-state index < -0.39 is 0 Å². The molecule has 0 aliphatic heterocycles. The number of nitrogens with one attached hydrogen (secondary N) is 1. The lowest BCUT2D eigenvalue weighted by Crippen LogP contribution is -2.24. The van der Waals surface area contributed by atoms with Crippen molar-refractivity contribution >= 4 is 11.7 Å². The van der Waals surface area contributed by atoms with E-state index in [2.05, 4.69) is 20.3 Å². The lowest BCUT2D eigenvalue weighted by atomic mass is 10.1. The van der Waals surface area contributed by atoms with Gasteiger partial charge in [0.15, 0.2) is 0 Å². The summed E-state index contributed by atoms with van der Waals surface area (Å²) < 4.78 is 0. The number of nitrogens with zero attached hydrogens (tertiary/aromatic N) is 4. The van der Waals surface area contributed by atoms with Gasteiger partial charge in [0.1, 0.15) is 11.9 Å². The highest BCUT2D eigenvalue weighted by Crippen LogP contribution is 2.23. The lowest BCUT2D eigenvalue weighted by Gasteiger charge is -2.08. The van der Waals surface area contributed by atoms with Crippen molar-refractivity contribution in [2.24, 2.45) is 0 Å². The van der Waals surface area contributed by atoms with Crippen LogP contribution < -0.4 is 11.1 Å². The number of nitriles is 1. The van der Waals surface area contributed by atoms with Crippen molar-refractivity contribution in [3.8, 4) is 17.3 Å². The molecule has 0 unspecified atom stereocenters. The van der Waals surface area contributed by atoms with E-state index in [-0.39, 0.29) is 11.7 Å². The van der Waals surface area contributed by atoms with Gasteiger partial charge in [0.2, 0.25) is 5.82 Å². The first kappa shape index (κ1) is 18.0. The molecule has 2 aromatic heterocycles. The number of carbonyl (C=O) groups excluding carboxylic acids is 1. The van der Waals surface area contributed by atoms with E-state index in [9.17, 15) is 4.79 Å². The Balaban J connectivity index is 1.61. The molecule has 3 aromatic rings. The van der Waals surface area contributed by atoms with E-state index >= 15 is 0 Å². The molecule has 0 saturated heterocycles. The Labute approximate surface area is 156 Å². The van der Waals surface area contributed by atoms with Crippen LogP contribution in [0.3, 0.4) is 0 Å². The molecule has 3 N–H and O–H groups in total. The molecule has 0 bridgehead atoms. The second kappa shape index (κ2) is 8.54. The molecule has 134 valence electrons. The van der Waals surface area contributed by atoms with Crippen LogP contribution in [0.2, 0.25) is 0 Å². The molecule has 0 aliphatic rings. The standard InChI is InChI=1S/C20H18N6O/c21-12-18-23-10-8-17(26-18)16-11-14(13-25-19(16)22)5-4-9-24-20(27)15-6-2-1-3-7-15/h1-3,6-8,10-11,13H,4-5,9H2,(H2,22,25)(H,24,27). The Hall–Kier alpha value is -3.79. The van der Waals surface area contributed by atoms with Gasteiger partial charge in [0.25, 0.3) is 5.91 Å². The Kier molecular flexibility index (Phi) is 5.70. The van der Waals surface area contributed by atoms with Gasteiger partial charge in [-0.05, 0) is 42.7 Å². The van der Waals surface area contributed by atoms with Gasteiger partial charge in [0.05, 0.1) is 5.69 Å². The fourth-order valence-corrected chi connectivity index (χ4v) is 2.61. The van der Waals surface area contributed by atoms with Gasteiger partial charge in [-0.2, -0.15) is 5.26 Å². The SMILES string of the molecule is N#Cc1nccc(-c2cc(CCCNC(=O)c3ccccc3)cnc2N)n1. The maximum absolute atomic E-state index is 12.0. The van der Waals surface area contributed by atoms with Crippen molar-refractivity contribution in [2.75, 3.05) is 12.3 Å². The van der Waals surface area contributed by atoms with E-state index in [1.807, 2.05) is 30.3 Å². The van der Waals surface area contributed by atoms with E-state index in [0.29, 0.717) is 29.2 Å². The molecule has 3 rings (SSSR count). The zero-order valence-corrected chi connectivity index (χ0v) is 14.6. The molecule has 0 spiro atoms. The summed E-state index contributed by atoms with van der Waals surface area (Å²) in [4.78, 5) is 24.3. The van der Waals surface area contributed by atoms with Crippen LogP contribution in [0.5, 0.6) is 0 Å². The van der Waals surface area contributed by atoms with E-state index in [4.69, 9.17) is 11.0 Å². The topological polar surface area (TPSA) is 118 Å². The predicted molar refractivity (Wildman–Crippen MR) is 101 cm³/mol. The van der Waals surface area contributed by atoms with Crippen molar-refractivity contribution in [1.82, 2.24) is 20.3 Å². The summed E-state index contributed by atoms with van der Waals surface area (Å²) >= 11 is 0. The molecule has 0 atom stereocenters. The maximum atomic E-state index is 12.0. The number of aryl methyl sites for hydroxylation is 1. The Morgan fingerprint density at radius 2 is 2.00 bits per heavy atom. The number of nitrogens with two attached hydrogens (primary N) is 1. The molecule has 1 aromatic carbocycles. The minimum absolute atomic E-state index is 0.0842. The summed E-state index contributed by atoms with van der Waals surface area (Å²) in [5.41, 5.74) is 8.81. The lowest BCUT2D eigenvalue weighted by molar-refractivity contribution is 0.0953. The first-order valence-corrected chi connectivity index (χ1v) is 8.48. The minimum atomic E-state index is -0.0864. The first-order valence-electron chi connectivity index (χ1n) is 8.48. The van der Waals surface area contributed by atoms with Crippen LogP contribution in [0.25, 0.3) is 11.3 Å². The van der Waals surface area contributed by atoms with Gasteiger partial charge >= 0.3 is 0 Å². The third-order valence-electron chi connectivity index (χ3n) is 3.97. The normalized spacial score (nSPS) is 10.2. The van der Waals surface area contributed by atoms with Crippen LogP contribution in [-0.2, 0) is 6.42 Å². The summed E-state index contributed by atoms with van der Waals surface area (Å²) in [6.45, 7) is 0.555. The Bertz CT molecular complexity index is 981. The number of aromatic nitrogens is 3. The van der Waals surface area contributed by atoms with Gasteiger partial charge in [-0.25, -0.2) is 15.0 Å². The van der Waals surface area contributed by atoms with Crippen LogP contribution in [0, 0.1) is 11.3 Å². The molecule has 2 heterocycles. The summed E-state index contributed by atoms with van der Waals surface area (Å²) in [6.07, 6.45) is 4.72. The molecule has 0 aliphatic carbocycles. The van der Waals surface area contributed by atoms with E-state index in [1.54, 1.807) is 24.4 Å². The van der Waals surface area contributed by atoms with Crippen LogP contribution in [0.15, 0.2) is 54.9 Å². The van der Waals surface area contributed by atoms with E-state index in [0.717, 1.165) is 18.4 Å². The largest absolute Gasteiger partial charge is 0.383 e. The average molecular weight is 358 g/mol. The number of benzene rings is 1. The summed E-state index contributed by atoms with van der Waals surface area (Å²) in [5, 5.41) is 11.8. The van der Waals surface area contributed by atoms with Gasteiger partial charge in [-0.3, -0.25) is 4.79 Å². The third kappa shape index (κ3) is 4.64. The predicted octanol–water partition coefficient (Wildman–Crippen LogP) is 2.36. The zero-order valence-electron chi connectivity index (χ0n) is 14.6. The van der Waals surface area contributed by atoms with Crippen molar-refractivity contribution in [1.29, 1.82) is 5.26 Å². The number of hydrogen-bond acceptors (Lipinski definition) is 6. The number of amides is 1. The van der Waals surface area contributed by atoms with Gasteiger partial charge in [-0.1, -0.05) is 18.2 Å². The van der Waals surface area contributed by atoms with Gasteiger partial charge in [-0.15, -0.1) is 0 Å². The van der Waals surface area contributed by atoms with Crippen LogP contribution in [0.4, 0.5) is 5.82 Å². The molecule has 7 nitrogen and oxygen atoms in total. The molecule has 0 fully saturated rings. The summed E-state index contributed by atoms with van der Waals surface area (Å²) in [7, 11) is 0. The maximum Gasteiger partial charge on any atom is 0.251 e. The molecular weight excluding hydrogens is 340 g/mol. The summed E-state index contributed by atoms with van der Waals surface area (Å²) in [5.74, 6) is 0.344. The molecule has 0 radical (unpaired) electrons. The highest BCUT2D eigenvalue weighted by Gasteiger charge is 2.09. The molecule has 27 heavy (non-hydrogen) atoms. The highest BCUT2D eigenvalue weighted by molar-refractivity contribution is 5.94. The molecule has 7 heteroatoms. The Morgan fingerprint density at radius 3 is 2.78 bits per heavy atom. The van der Waals surface area contributed by atoms with Crippen LogP contribution >= 0.6 is 0 Å².